The molecule has 0 fully saturated rings. The first-order chi connectivity index (χ1) is 7.40. The predicted molar refractivity (Wildman–Crippen MR) is 53.7 cm³/mol. The summed E-state index contributed by atoms with van der Waals surface area (Å²) in [5.74, 6) is -6.54. The number of halogens is 3. The molecule has 0 unspecified atom stereocenters. The zero-order valence-corrected chi connectivity index (χ0v) is 9.49. The van der Waals surface area contributed by atoms with Crippen LogP contribution in [0.3, 0.4) is 0 Å². The predicted octanol–water partition coefficient (Wildman–Crippen LogP) is 1.85. The van der Waals surface area contributed by atoms with Crippen LogP contribution in [-0.4, -0.2) is 22.2 Å². The molecular weight excluding hydrogens is 341 g/mol. The first-order valence-electron chi connectivity index (χ1n) is 3.65. The van der Waals surface area contributed by atoms with Gasteiger partial charge in [0, 0.05) is 0 Å². The van der Waals surface area contributed by atoms with Crippen LogP contribution in [0.5, 0.6) is 0 Å². The van der Waals surface area contributed by atoms with Gasteiger partial charge in [-0.15, -0.1) is 0 Å². The number of hydrogen-bond acceptors (Lipinski definition) is 3. The molecule has 5 nitrogen and oxygen atoms in total. The number of aromatic carboxylic acids is 2. The van der Waals surface area contributed by atoms with Crippen LogP contribution < -0.4 is 0 Å². The van der Waals surface area contributed by atoms with Gasteiger partial charge < -0.3 is 10.2 Å². The third-order valence-corrected chi connectivity index (χ3v) is 3.17. The fraction of sp³-hybridized carbons (Fsp3) is 0. The molecular formula is C8H3F2IO5. The molecule has 0 saturated carbocycles. The van der Waals surface area contributed by atoms with E-state index in [1.165, 1.54) is 0 Å². The number of benzene rings is 1. The molecule has 0 aromatic heterocycles. The molecule has 1 aromatic carbocycles. The number of hydrogen-bond donors (Lipinski definition) is 2. The highest BCUT2D eigenvalue weighted by atomic mass is 127. The van der Waals surface area contributed by atoms with Crippen molar-refractivity contribution in [1.82, 2.24) is 0 Å². The minimum Gasteiger partial charge on any atom is -0.478 e. The van der Waals surface area contributed by atoms with E-state index in [1.807, 2.05) is 0 Å². The summed E-state index contributed by atoms with van der Waals surface area (Å²) in [5.41, 5.74) is -2.28. The van der Waals surface area contributed by atoms with Gasteiger partial charge in [-0.1, -0.05) is 0 Å². The van der Waals surface area contributed by atoms with Crippen LogP contribution >= 0.6 is 21.2 Å². The van der Waals surface area contributed by atoms with E-state index < -0.39 is 59.5 Å². The molecule has 2 N–H and O–H groups in total. The Hall–Kier alpha value is -1.45. The van der Waals surface area contributed by atoms with Crippen LogP contribution in [0.15, 0.2) is 6.07 Å². The summed E-state index contributed by atoms with van der Waals surface area (Å²) >= 11 is -2.26. The van der Waals surface area contributed by atoms with E-state index in [2.05, 4.69) is 0 Å². The summed E-state index contributed by atoms with van der Waals surface area (Å²) in [5, 5.41) is 17.1. The zero-order chi connectivity index (χ0) is 12.5. The van der Waals surface area contributed by atoms with Gasteiger partial charge in [0.25, 0.3) is 0 Å². The van der Waals surface area contributed by atoms with Crippen molar-refractivity contribution in [1.29, 1.82) is 0 Å². The van der Waals surface area contributed by atoms with Gasteiger partial charge in [-0.25, -0.2) is 18.4 Å². The highest BCUT2D eigenvalue weighted by Crippen LogP contribution is 2.25. The van der Waals surface area contributed by atoms with Gasteiger partial charge in [-0.05, 0) is 6.07 Å². The lowest BCUT2D eigenvalue weighted by molar-refractivity contribution is 0.0685. The molecule has 8 heteroatoms. The summed E-state index contributed by atoms with van der Waals surface area (Å²) in [6, 6.07) is 0.317. The minimum atomic E-state index is -2.26. The smallest absolute Gasteiger partial charge is 0.340 e. The monoisotopic (exact) mass is 344 g/mol. The van der Waals surface area contributed by atoms with Gasteiger partial charge in [0.15, 0.2) is 27.0 Å². The Morgan fingerprint density at radius 2 is 1.75 bits per heavy atom. The summed E-state index contributed by atoms with van der Waals surface area (Å²) in [4.78, 5) is 21.1. The van der Waals surface area contributed by atoms with Gasteiger partial charge in [0.05, 0.1) is 9.13 Å². The molecule has 0 aliphatic carbocycles. The second kappa shape index (κ2) is 4.60. The zero-order valence-electron chi connectivity index (χ0n) is 7.33. The Balaban J connectivity index is 3.72. The molecule has 0 aliphatic rings. The fourth-order valence-corrected chi connectivity index (χ4v) is 2.08. The molecule has 0 spiro atoms. The van der Waals surface area contributed by atoms with Crippen molar-refractivity contribution in [3.05, 3.63) is 32.4 Å². The molecule has 1 aromatic rings. The Morgan fingerprint density at radius 3 is 2.12 bits per heavy atom. The molecule has 0 radical (unpaired) electrons. The van der Waals surface area contributed by atoms with Crippen LogP contribution in [0.2, 0.25) is 0 Å². The largest absolute Gasteiger partial charge is 0.478 e. The highest BCUT2D eigenvalue weighted by Gasteiger charge is 2.26. The maximum absolute atomic E-state index is 13.4. The fourth-order valence-electron chi connectivity index (χ4n) is 1.02. The molecule has 0 saturated heterocycles. The molecule has 86 valence electrons. The SMILES string of the molecule is O=Ic1c(F)cc(C(=O)O)c(F)c1C(=O)O. The van der Waals surface area contributed by atoms with Crippen LogP contribution in [0.1, 0.15) is 20.7 Å². The molecule has 16 heavy (non-hydrogen) atoms. The number of rotatable bonds is 3. The number of carboxylic acid groups (broad SMARTS) is 2. The van der Waals surface area contributed by atoms with E-state index in [4.69, 9.17) is 10.2 Å². The lowest BCUT2D eigenvalue weighted by Crippen LogP contribution is -2.12. The van der Waals surface area contributed by atoms with E-state index in [9.17, 15) is 21.4 Å². The lowest BCUT2D eigenvalue weighted by atomic mass is 10.1. The third-order valence-electron chi connectivity index (χ3n) is 1.68. The van der Waals surface area contributed by atoms with Gasteiger partial charge in [-0.3, -0.25) is 3.07 Å². The Kier molecular flexibility index (Phi) is 3.62. The maximum atomic E-state index is 13.4. The molecule has 0 amide bonds. The first kappa shape index (κ1) is 12.6. The summed E-state index contributed by atoms with van der Waals surface area (Å²) in [6.45, 7) is 0. The molecule has 0 aliphatic heterocycles. The van der Waals surface area contributed by atoms with Crippen molar-refractivity contribution < 1.29 is 31.7 Å². The lowest BCUT2D eigenvalue weighted by Gasteiger charge is -2.05. The number of carboxylic acids is 2. The van der Waals surface area contributed by atoms with E-state index >= 15 is 0 Å². The van der Waals surface area contributed by atoms with Crippen molar-refractivity contribution in [3.8, 4) is 0 Å². The summed E-state index contributed by atoms with van der Waals surface area (Å²) in [6.07, 6.45) is 0. The molecule has 1 rings (SSSR count). The van der Waals surface area contributed by atoms with Crippen LogP contribution in [0, 0.1) is 15.2 Å². The van der Waals surface area contributed by atoms with Gasteiger partial charge in [0.1, 0.15) is 11.4 Å². The van der Waals surface area contributed by atoms with E-state index in [0.29, 0.717) is 6.07 Å². The van der Waals surface area contributed by atoms with Gasteiger partial charge >= 0.3 is 11.9 Å². The van der Waals surface area contributed by atoms with Crippen molar-refractivity contribution in [2.45, 2.75) is 0 Å². The second-order valence-electron chi connectivity index (χ2n) is 2.60. The van der Waals surface area contributed by atoms with Crippen LogP contribution in [0.25, 0.3) is 0 Å². The average molecular weight is 344 g/mol. The van der Waals surface area contributed by atoms with Crippen molar-refractivity contribution in [2.75, 3.05) is 0 Å². The Morgan fingerprint density at radius 1 is 1.19 bits per heavy atom. The Bertz CT molecular complexity index is 500. The minimum absolute atomic E-state index is 0.317. The number of carbonyl (C=O) groups is 2. The molecule has 0 bridgehead atoms. The topological polar surface area (TPSA) is 91.7 Å². The average Bonchev–Trinajstić information content (AvgIpc) is 2.19. The van der Waals surface area contributed by atoms with Crippen molar-refractivity contribution in [3.63, 3.8) is 0 Å². The van der Waals surface area contributed by atoms with E-state index in [1.54, 1.807) is 0 Å². The molecule has 0 heterocycles. The first-order valence-corrected chi connectivity index (χ1v) is 5.61. The van der Waals surface area contributed by atoms with Crippen LogP contribution in [0.4, 0.5) is 8.78 Å². The summed E-state index contributed by atoms with van der Waals surface area (Å²) < 4.78 is 36.3. The Labute approximate surface area is 97.3 Å². The van der Waals surface area contributed by atoms with Crippen LogP contribution in [-0.2, 0) is 3.07 Å². The standard InChI is InChI=1S/C8H3F2IO5/c9-3-1-2(7(12)13)5(10)4(8(14)15)6(3)11-16/h1H,(H,12,13)(H,14,15). The van der Waals surface area contributed by atoms with Crippen molar-refractivity contribution >= 4 is 33.1 Å². The second-order valence-corrected chi connectivity index (χ2v) is 4.12. The summed E-state index contributed by atoms with van der Waals surface area (Å²) in [7, 11) is 0. The quantitative estimate of drug-likeness (QED) is 0.645. The van der Waals surface area contributed by atoms with E-state index in [-0.39, 0.29) is 0 Å². The highest BCUT2D eigenvalue weighted by molar-refractivity contribution is 14.1. The normalized spacial score (nSPS) is 10.1. The molecule has 0 atom stereocenters. The van der Waals surface area contributed by atoms with Gasteiger partial charge in [-0.2, -0.15) is 0 Å². The van der Waals surface area contributed by atoms with E-state index in [0.717, 1.165) is 0 Å². The van der Waals surface area contributed by atoms with Gasteiger partial charge in [0.2, 0.25) is 0 Å². The maximum Gasteiger partial charge on any atom is 0.340 e. The van der Waals surface area contributed by atoms with Crippen molar-refractivity contribution in [2.24, 2.45) is 0 Å². The third kappa shape index (κ3) is 2.05.